The van der Waals surface area contributed by atoms with Crippen molar-refractivity contribution >= 4 is 0 Å². The second kappa shape index (κ2) is 6.78. The smallest absolute Gasteiger partial charge is 0.127 e. The Morgan fingerprint density at radius 3 is 2.79 bits per heavy atom. The molecule has 0 radical (unpaired) electrons. The fourth-order valence-electron chi connectivity index (χ4n) is 2.61. The number of likely N-dealkylation sites (tertiary alicyclic amines) is 1. The van der Waals surface area contributed by atoms with Crippen LogP contribution in [0.4, 0.5) is 0 Å². The van der Waals surface area contributed by atoms with Crippen LogP contribution in [-0.4, -0.2) is 45.3 Å². The van der Waals surface area contributed by atoms with Crippen LogP contribution >= 0.6 is 0 Å². The second-order valence-electron chi connectivity index (χ2n) is 5.09. The van der Waals surface area contributed by atoms with Gasteiger partial charge in [0.2, 0.25) is 0 Å². The van der Waals surface area contributed by atoms with Crippen LogP contribution in [0.1, 0.15) is 18.4 Å². The molecule has 0 spiro atoms. The van der Waals surface area contributed by atoms with E-state index in [1.165, 1.54) is 24.9 Å². The fourth-order valence-corrected chi connectivity index (χ4v) is 2.61. The SMILES string of the molecule is COc1ccc(CNC[C@@H]2CCCN2C)c(OC)c1. The number of hydrogen-bond acceptors (Lipinski definition) is 4. The Morgan fingerprint density at radius 1 is 1.32 bits per heavy atom. The van der Waals surface area contributed by atoms with E-state index in [0.717, 1.165) is 24.6 Å². The van der Waals surface area contributed by atoms with Crippen LogP contribution in [0, 0.1) is 0 Å². The zero-order valence-corrected chi connectivity index (χ0v) is 12.1. The van der Waals surface area contributed by atoms with Gasteiger partial charge in [0.1, 0.15) is 11.5 Å². The molecule has 1 saturated heterocycles. The Labute approximate surface area is 115 Å². The highest BCUT2D eigenvalue weighted by Crippen LogP contribution is 2.24. The molecule has 0 amide bonds. The van der Waals surface area contributed by atoms with E-state index in [-0.39, 0.29) is 0 Å². The van der Waals surface area contributed by atoms with Crippen LogP contribution in [0.3, 0.4) is 0 Å². The Hall–Kier alpha value is -1.26. The van der Waals surface area contributed by atoms with Gasteiger partial charge in [-0.25, -0.2) is 0 Å². The van der Waals surface area contributed by atoms with Gasteiger partial charge < -0.3 is 19.7 Å². The molecule has 1 aliphatic heterocycles. The van der Waals surface area contributed by atoms with E-state index in [9.17, 15) is 0 Å². The summed E-state index contributed by atoms with van der Waals surface area (Å²) < 4.78 is 10.6. The highest BCUT2D eigenvalue weighted by molar-refractivity contribution is 5.40. The lowest BCUT2D eigenvalue weighted by atomic mass is 10.1. The van der Waals surface area contributed by atoms with Crippen molar-refractivity contribution < 1.29 is 9.47 Å². The molecule has 0 bridgehead atoms. The minimum Gasteiger partial charge on any atom is -0.497 e. The molecule has 4 heteroatoms. The number of likely N-dealkylation sites (N-methyl/N-ethyl adjacent to an activating group) is 1. The number of rotatable bonds is 6. The molecule has 106 valence electrons. The Bertz CT molecular complexity index is 409. The van der Waals surface area contributed by atoms with Crippen molar-refractivity contribution in [3.8, 4) is 11.5 Å². The molecule has 0 saturated carbocycles. The van der Waals surface area contributed by atoms with Crippen molar-refractivity contribution in [2.75, 3.05) is 34.4 Å². The first-order valence-corrected chi connectivity index (χ1v) is 6.86. The largest absolute Gasteiger partial charge is 0.497 e. The van der Waals surface area contributed by atoms with E-state index in [1.807, 2.05) is 12.1 Å². The summed E-state index contributed by atoms with van der Waals surface area (Å²) in [6.07, 6.45) is 2.61. The minimum absolute atomic E-state index is 0.671. The summed E-state index contributed by atoms with van der Waals surface area (Å²) in [6.45, 7) is 3.08. The Morgan fingerprint density at radius 2 is 2.16 bits per heavy atom. The lowest BCUT2D eigenvalue weighted by Gasteiger charge is -2.20. The van der Waals surface area contributed by atoms with E-state index < -0.39 is 0 Å². The van der Waals surface area contributed by atoms with Crippen molar-refractivity contribution in [2.45, 2.75) is 25.4 Å². The Kier molecular flexibility index (Phi) is 5.05. The summed E-state index contributed by atoms with van der Waals surface area (Å²) in [4.78, 5) is 2.43. The average molecular weight is 264 g/mol. The van der Waals surface area contributed by atoms with E-state index in [2.05, 4.69) is 23.3 Å². The first-order valence-electron chi connectivity index (χ1n) is 6.86. The number of methoxy groups -OCH3 is 2. The summed E-state index contributed by atoms with van der Waals surface area (Å²) in [6, 6.07) is 6.63. The maximum Gasteiger partial charge on any atom is 0.127 e. The molecule has 1 N–H and O–H groups in total. The second-order valence-corrected chi connectivity index (χ2v) is 5.09. The molecular formula is C15H24N2O2. The third-order valence-electron chi connectivity index (χ3n) is 3.86. The van der Waals surface area contributed by atoms with Crippen molar-refractivity contribution in [3.05, 3.63) is 23.8 Å². The summed E-state index contributed by atoms with van der Waals surface area (Å²) in [5.74, 6) is 1.71. The predicted octanol–water partition coefficient (Wildman–Crippen LogP) is 1.89. The molecule has 19 heavy (non-hydrogen) atoms. The summed E-state index contributed by atoms with van der Waals surface area (Å²) in [5, 5.41) is 3.52. The van der Waals surface area contributed by atoms with Crippen LogP contribution in [0.5, 0.6) is 11.5 Å². The van der Waals surface area contributed by atoms with E-state index in [0.29, 0.717) is 6.04 Å². The van der Waals surface area contributed by atoms with Crippen molar-refractivity contribution in [1.82, 2.24) is 10.2 Å². The molecule has 0 unspecified atom stereocenters. The molecule has 0 aromatic heterocycles. The molecule has 1 heterocycles. The standard InChI is InChI=1S/C15H24N2O2/c1-17-8-4-5-13(17)11-16-10-12-6-7-14(18-2)9-15(12)19-3/h6-7,9,13,16H,4-5,8,10-11H2,1-3H3/t13-/m0/s1. The van der Waals surface area contributed by atoms with Crippen LogP contribution in [-0.2, 0) is 6.54 Å². The van der Waals surface area contributed by atoms with Crippen LogP contribution in [0.2, 0.25) is 0 Å². The maximum absolute atomic E-state index is 5.40. The van der Waals surface area contributed by atoms with Crippen LogP contribution in [0.15, 0.2) is 18.2 Å². The minimum atomic E-state index is 0.671. The summed E-state index contributed by atoms with van der Waals surface area (Å²) in [5.41, 5.74) is 1.17. The van der Waals surface area contributed by atoms with Gasteiger partial charge in [-0.3, -0.25) is 0 Å². The van der Waals surface area contributed by atoms with E-state index in [4.69, 9.17) is 9.47 Å². The lowest BCUT2D eigenvalue weighted by molar-refractivity contribution is 0.299. The number of nitrogens with one attached hydrogen (secondary N) is 1. The van der Waals surface area contributed by atoms with Crippen molar-refractivity contribution in [1.29, 1.82) is 0 Å². The summed E-state index contributed by atoms with van der Waals surface area (Å²) in [7, 11) is 5.57. The van der Waals surface area contributed by atoms with Gasteiger partial charge in [0.05, 0.1) is 14.2 Å². The van der Waals surface area contributed by atoms with Crippen LogP contribution in [0.25, 0.3) is 0 Å². The quantitative estimate of drug-likeness (QED) is 0.850. The molecule has 2 rings (SSSR count). The van der Waals surface area contributed by atoms with Crippen molar-refractivity contribution in [3.63, 3.8) is 0 Å². The summed E-state index contributed by atoms with van der Waals surface area (Å²) >= 11 is 0. The third-order valence-corrected chi connectivity index (χ3v) is 3.86. The number of nitrogens with zero attached hydrogens (tertiary/aromatic N) is 1. The predicted molar refractivity (Wildman–Crippen MR) is 76.9 cm³/mol. The van der Waals surface area contributed by atoms with Gasteiger partial charge in [-0.1, -0.05) is 6.07 Å². The fraction of sp³-hybridized carbons (Fsp3) is 0.600. The van der Waals surface area contributed by atoms with Gasteiger partial charge in [-0.05, 0) is 32.5 Å². The lowest BCUT2D eigenvalue weighted by Crippen LogP contribution is -2.35. The topological polar surface area (TPSA) is 33.7 Å². The van der Waals surface area contributed by atoms with Gasteiger partial charge in [0, 0.05) is 30.8 Å². The zero-order chi connectivity index (χ0) is 13.7. The van der Waals surface area contributed by atoms with Crippen LogP contribution < -0.4 is 14.8 Å². The van der Waals surface area contributed by atoms with Gasteiger partial charge in [-0.15, -0.1) is 0 Å². The zero-order valence-electron chi connectivity index (χ0n) is 12.1. The molecule has 1 aromatic rings. The molecule has 4 nitrogen and oxygen atoms in total. The third kappa shape index (κ3) is 3.61. The Balaban J connectivity index is 1.88. The normalized spacial score (nSPS) is 19.6. The first kappa shape index (κ1) is 14.2. The van der Waals surface area contributed by atoms with Gasteiger partial charge in [-0.2, -0.15) is 0 Å². The number of benzene rings is 1. The maximum atomic E-state index is 5.40. The molecule has 1 aromatic carbocycles. The highest BCUT2D eigenvalue weighted by atomic mass is 16.5. The molecule has 1 fully saturated rings. The molecular weight excluding hydrogens is 240 g/mol. The monoisotopic (exact) mass is 264 g/mol. The number of hydrogen-bond donors (Lipinski definition) is 1. The van der Waals surface area contributed by atoms with Gasteiger partial charge in [0.25, 0.3) is 0 Å². The van der Waals surface area contributed by atoms with E-state index in [1.54, 1.807) is 14.2 Å². The highest BCUT2D eigenvalue weighted by Gasteiger charge is 2.20. The average Bonchev–Trinajstić information content (AvgIpc) is 2.84. The molecule has 1 aliphatic rings. The molecule has 1 atom stereocenters. The van der Waals surface area contributed by atoms with Gasteiger partial charge >= 0.3 is 0 Å². The van der Waals surface area contributed by atoms with Gasteiger partial charge in [0.15, 0.2) is 0 Å². The molecule has 0 aliphatic carbocycles. The van der Waals surface area contributed by atoms with E-state index >= 15 is 0 Å². The first-order chi connectivity index (χ1) is 9.24. The van der Waals surface area contributed by atoms with Crippen molar-refractivity contribution in [2.24, 2.45) is 0 Å². The number of ether oxygens (including phenoxy) is 2.